The van der Waals surface area contributed by atoms with E-state index in [2.05, 4.69) is 20.8 Å². The van der Waals surface area contributed by atoms with Crippen LogP contribution in [0.1, 0.15) is 38.1 Å². The number of nitrogens with zero attached hydrogens (tertiary/aromatic N) is 4. The van der Waals surface area contributed by atoms with Crippen LogP contribution in [0.5, 0.6) is 23.3 Å². The van der Waals surface area contributed by atoms with Crippen LogP contribution >= 0.6 is 0 Å². The number of ether oxygens (including phenoxy) is 5. The molecule has 1 amide bonds. The van der Waals surface area contributed by atoms with Crippen molar-refractivity contribution in [1.29, 1.82) is 0 Å². The molecule has 11 nitrogen and oxygen atoms in total. The number of carbonyl (C=O) groups is 1. The summed E-state index contributed by atoms with van der Waals surface area (Å²) in [6.45, 7) is 0.966. The van der Waals surface area contributed by atoms with Gasteiger partial charge in [0, 0.05) is 12.0 Å². The summed E-state index contributed by atoms with van der Waals surface area (Å²) >= 11 is 0. The van der Waals surface area contributed by atoms with Gasteiger partial charge in [0.2, 0.25) is 12.7 Å². The first-order chi connectivity index (χ1) is 15.8. The van der Waals surface area contributed by atoms with Crippen molar-refractivity contribution in [3.05, 3.63) is 18.2 Å². The van der Waals surface area contributed by atoms with E-state index in [1.807, 2.05) is 0 Å². The van der Waals surface area contributed by atoms with E-state index in [4.69, 9.17) is 23.7 Å². The molecule has 4 heterocycles. The molecule has 1 saturated carbocycles. The van der Waals surface area contributed by atoms with Crippen molar-refractivity contribution in [2.75, 3.05) is 20.0 Å². The maximum Gasteiger partial charge on any atom is 0.341 e. The largest absolute Gasteiger partial charge is 0.454 e. The molecule has 2 aromatic rings. The lowest BCUT2D eigenvalue weighted by atomic mass is 9.88. The predicted octanol–water partition coefficient (Wildman–Crippen LogP) is 1.60. The summed E-state index contributed by atoms with van der Waals surface area (Å²) in [7, 11) is 0. The Morgan fingerprint density at radius 3 is 2.81 bits per heavy atom. The minimum Gasteiger partial charge on any atom is -0.454 e. The Bertz CT molecular complexity index is 993. The molecular formula is C21H25N5O6. The smallest absolute Gasteiger partial charge is 0.341 e. The van der Waals surface area contributed by atoms with Crippen molar-refractivity contribution in [3.63, 3.8) is 0 Å². The van der Waals surface area contributed by atoms with Gasteiger partial charge in [-0.3, -0.25) is 4.79 Å². The van der Waals surface area contributed by atoms with Gasteiger partial charge in [0.1, 0.15) is 24.0 Å². The number of amides is 1. The van der Waals surface area contributed by atoms with Gasteiger partial charge < -0.3 is 29.0 Å². The van der Waals surface area contributed by atoms with Crippen LogP contribution in [0.2, 0.25) is 0 Å². The van der Waals surface area contributed by atoms with Gasteiger partial charge in [0.25, 0.3) is 0 Å². The van der Waals surface area contributed by atoms with E-state index < -0.39 is 0 Å². The topological polar surface area (TPSA) is 119 Å². The molecule has 1 aromatic heterocycles. The summed E-state index contributed by atoms with van der Waals surface area (Å²) < 4.78 is 30.3. The highest BCUT2D eigenvalue weighted by Gasteiger charge is 2.50. The molecule has 0 spiro atoms. The lowest BCUT2D eigenvalue weighted by molar-refractivity contribution is -0.127. The van der Waals surface area contributed by atoms with E-state index in [1.54, 1.807) is 22.9 Å². The van der Waals surface area contributed by atoms with Crippen molar-refractivity contribution in [2.24, 2.45) is 5.92 Å². The Labute approximate surface area is 184 Å². The second-order valence-electron chi connectivity index (χ2n) is 8.64. The Morgan fingerprint density at radius 1 is 1.06 bits per heavy atom. The zero-order valence-electron chi connectivity index (χ0n) is 17.5. The molecule has 4 atom stereocenters. The average Bonchev–Trinajstić information content (AvgIpc) is 3.60. The zero-order valence-corrected chi connectivity index (χ0v) is 17.5. The molecule has 1 N–H and O–H groups in total. The minimum atomic E-state index is -0.269. The molecule has 32 heavy (non-hydrogen) atoms. The normalized spacial score (nSPS) is 29.1. The van der Waals surface area contributed by atoms with Crippen LogP contribution in [0.4, 0.5) is 0 Å². The van der Waals surface area contributed by atoms with Gasteiger partial charge in [0.05, 0.1) is 19.3 Å². The summed E-state index contributed by atoms with van der Waals surface area (Å²) in [5, 5.41) is 15.1. The quantitative estimate of drug-likeness (QED) is 0.735. The van der Waals surface area contributed by atoms with Crippen LogP contribution in [0, 0.1) is 5.92 Å². The Morgan fingerprint density at radius 2 is 1.91 bits per heavy atom. The van der Waals surface area contributed by atoms with E-state index in [0.29, 0.717) is 30.5 Å². The molecule has 6 rings (SSSR count). The summed E-state index contributed by atoms with van der Waals surface area (Å²) in [4.78, 5) is 12.7. The van der Waals surface area contributed by atoms with Gasteiger partial charge in [-0.25, -0.2) is 0 Å². The van der Waals surface area contributed by atoms with Crippen LogP contribution in [0.3, 0.4) is 0 Å². The number of hydrogen-bond donors (Lipinski definition) is 1. The molecule has 0 unspecified atom stereocenters. The summed E-state index contributed by atoms with van der Waals surface area (Å²) in [6, 6.07) is 5.09. The molecule has 0 radical (unpaired) electrons. The molecule has 0 bridgehead atoms. The van der Waals surface area contributed by atoms with Gasteiger partial charge in [-0.05, 0) is 35.4 Å². The number of aromatic nitrogens is 4. The number of hydrogen-bond acceptors (Lipinski definition) is 9. The van der Waals surface area contributed by atoms with Crippen LogP contribution < -0.4 is 19.5 Å². The zero-order chi connectivity index (χ0) is 21.5. The van der Waals surface area contributed by atoms with E-state index in [9.17, 15) is 4.79 Å². The standard InChI is InChI=1S/C21H25N5O6/c27-20(12-4-2-1-3-5-12)22-14-9-28-19-15(10-29-18(14)19)26-21(23-24-25-26)32-13-6-7-16-17(8-13)31-11-30-16/h6-8,12,14-15,18-19H,1-5,9-11H2,(H,22,27)/t14-,15+,18-,19+/m0/s1. The van der Waals surface area contributed by atoms with Gasteiger partial charge >= 0.3 is 6.01 Å². The Hall–Kier alpha value is -2.92. The second-order valence-corrected chi connectivity index (χ2v) is 8.64. The Kier molecular flexibility index (Phi) is 5.07. The van der Waals surface area contributed by atoms with Crippen molar-refractivity contribution in [2.45, 2.75) is 56.4 Å². The van der Waals surface area contributed by atoms with E-state index in [0.717, 1.165) is 25.7 Å². The third kappa shape index (κ3) is 3.55. The van der Waals surface area contributed by atoms with Crippen LogP contribution in [0.25, 0.3) is 0 Å². The highest BCUT2D eigenvalue weighted by molar-refractivity contribution is 5.79. The number of carbonyl (C=O) groups excluding carboxylic acids is 1. The van der Waals surface area contributed by atoms with Crippen LogP contribution in [0.15, 0.2) is 18.2 Å². The molecule has 11 heteroatoms. The number of rotatable bonds is 5. The fourth-order valence-electron chi connectivity index (χ4n) is 4.98. The lowest BCUT2D eigenvalue weighted by Crippen LogP contribution is -2.46. The minimum absolute atomic E-state index is 0.0984. The molecule has 2 saturated heterocycles. The highest BCUT2D eigenvalue weighted by atomic mass is 16.7. The van der Waals surface area contributed by atoms with Crippen LogP contribution in [-0.2, 0) is 14.3 Å². The maximum absolute atomic E-state index is 12.7. The SMILES string of the molecule is O=C(N[C@H]1CO[C@H]2[C@H]1OC[C@H]2n1nnnc1Oc1ccc2c(c1)OCO2)C1CCCCC1. The summed E-state index contributed by atoms with van der Waals surface area (Å²) in [5.74, 6) is 2.03. The number of benzene rings is 1. The van der Waals surface area contributed by atoms with Gasteiger partial charge in [-0.2, -0.15) is 4.68 Å². The number of tetrazole rings is 1. The molecule has 4 aliphatic rings. The fraction of sp³-hybridized carbons (Fsp3) is 0.619. The Balaban J connectivity index is 1.13. The van der Waals surface area contributed by atoms with E-state index in [1.165, 1.54) is 6.42 Å². The van der Waals surface area contributed by atoms with Gasteiger partial charge in [-0.15, -0.1) is 0 Å². The highest BCUT2D eigenvalue weighted by Crippen LogP contribution is 2.38. The molecule has 170 valence electrons. The van der Waals surface area contributed by atoms with Crippen molar-refractivity contribution in [3.8, 4) is 23.3 Å². The summed E-state index contributed by atoms with van der Waals surface area (Å²) in [5.41, 5.74) is 0. The third-order valence-electron chi connectivity index (χ3n) is 6.66. The third-order valence-corrected chi connectivity index (χ3v) is 6.66. The average molecular weight is 443 g/mol. The molecular weight excluding hydrogens is 418 g/mol. The number of nitrogens with one attached hydrogen (secondary N) is 1. The summed E-state index contributed by atoms with van der Waals surface area (Å²) in [6.07, 6.45) is 4.87. The van der Waals surface area contributed by atoms with Gasteiger partial charge in [-0.1, -0.05) is 24.4 Å². The maximum atomic E-state index is 12.7. The van der Waals surface area contributed by atoms with Crippen molar-refractivity contribution < 1.29 is 28.5 Å². The van der Waals surface area contributed by atoms with Gasteiger partial charge in [0.15, 0.2) is 11.5 Å². The second kappa shape index (κ2) is 8.21. The fourth-order valence-corrected chi connectivity index (χ4v) is 4.98. The number of fused-ring (bicyclic) bond motifs is 2. The van der Waals surface area contributed by atoms with Crippen molar-refractivity contribution >= 4 is 5.91 Å². The first kappa shape index (κ1) is 19.7. The molecule has 1 aromatic carbocycles. The molecule has 3 aliphatic heterocycles. The molecule has 3 fully saturated rings. The molecule has 1 aliphatic carbocycles. The van der Waals surface area contributed by atoms with E-state index >= 15 is 0 Å². The lowest BCUT2D eigenvalue weighted by Gasteiger charge is -2.24. The monoisotopic (exact) mass is 443 g/mol. The first-order valence-corrected chi connectivity index (χ1v) is 11.2. The first-order valence-electron chi connectivity index (χ1n) is 11.2. The predicted molar refractivity (Wildman–Crippen MR) is 107 cm³/mol. The van der Waals surface area contributed by atoms with Crippen molar-refractivity contribution in [1.82, 2.24) is 25.5 Å². The van der Waals surface area contributed by atoms with E-state index in [-0.39, 0.29) is 48.9 Å². The van der Waals surface area contributed by atoms with Crippen LogP contribution in [-0.4, -0.2) is 64.4 Å².